The molecule has 0 aliphatic heterocycles. The number of carbonyl (C=O) groups excluding carboxylic acids is 1. The van der Waals surface area contributed by atoms with Crippen molar-refractivity contribution in [2.75, 3.05) is 11.9 Å². The van der Waals surface area contributed by atoms with E-state index in [1.807, 2.05) is 41.7 Å². The van der Waals surface area contributed by atoms with E-state index in [1.54, 1.807) is 6.07 Å². The molecule has 0 unspecified atom stereocenters. The molecule has 0 aliphatic carbocycles. The third-order valence-electron chi connectivity index (χ3n) is 4.55. The maximum absolute atomic E-state index is 13.8. The first-order valence-corrected chi connectivity index (χ1v) is 9.18. The number of carbonyl (C=O) groups is 1. The molecule has 0 aromatic heterocycles. The number of nitrogens with one attached hydrogen (secondary N) is 1. The lowest BCUT2D eigenvalue weighted by Crippen LogP contribution is -2.87. The van der Waals surface area contributed by atoms with E-state index in [1.165, 1.54) is 17.7 Å². The summed E-state index contributed by atoms with van der Waals surface area (Å²) in [5.41, 5.74) is 3.90. The van der Waals surface area contributed by atoms with Gasteiger partial charge in [0.2, 0.25) is 0 Å². The molecule has 1 atom stereocenters. The number of nitrogens with two attached hydrogens (primary N) is 1. The van der Waals surface area contributed by atoms with Crippen molar-refractivity contribution in [3.05, 3.63) is 101 Å². The summed E-state index contributed by atoms with van der Waals surface area (Å²) >= 11 is 0. The fourth-order valence-corrected chi connectivity index (χ4v) is 3.08. The Bertz CT molecular complexity index is 878. The standard InChI is InChI=1S/C23H23FN2O/c1-2-17-11-13-18(14-12-17)23(19-7-6-8-20(24)15-19)25-16-22(27)26-21-9-4-3-5-10-21/h3-15,23,25H,2,16H2,1H3,(H,26,27)/p+1/t23-/m0/s1. The zero-order valence-corrected chi connectivity index (χ0v) is 15.4. The van der Waals surface area contributed by atoms with Gasteiger partial charge in [-0.05, 0) is 36.2 Å². The summed E-state index contributed by atoms with van der Waals surface area (Å²) in [6.45, 7) is 2.35. The number of halogens is 1. The lowest BCUT2D eigenvalue weighted by atomic mass is 9.97. The molecular weight excluding hydrogens is 339 g/mol. The first-order valence-electron chi connectivity index (χ1n) is 9.18. The van der Waals surface area contributed by atoms with Gasteiger partial charge in [0.15, 0.2) is 6.54 Å². The first kappa shape index (κ1) is 18.8. The van der Waals surface area contributed by atoms with Gasteiger partial charge in [0.05, 0.1) is 0 Å². The van der Waals surface area contributed by atoms with Gasteiger partial charge >= 0.3 is 0 Å². The molecule has 3 aromatic rings. The Labute approximate surface area is 159 Å². The van der Waals surface area contributed by atoms with Crippen LogP contribution in [0.25, 0.3) is 0 Å². The second kappa shape index (κ2) is 9.10. The van der Waals surface area contributed by atoms with E-state index in [-0.39, 0.29) is 24.3 Å². The number of aryl methyl sites for hydroxylation is 1. The van der Waals surface area contributed by atoms with E-state index in [0.29, 0.717) is 0 Å². The average molecular weight is 363 g/mol. The number of quaternary nitrogens is 1. The van der Waals surface area contributed by atoms with Gasteiger partial charge in [-0.25, -0.2) is 4.39 Å². The molecule has 3 rings (SSSR count). The van der Waals surface area contributed by atoms with Crippen LogP contribution in [0.2, 0.25) is 0 Å². The average Bonchev–Trinajstić information content (AvgIpc) is 2.69. The Morgan fingerprint density at radius 3 is 2.37 bits per heavy atom. The maximum atomic E-state index is 13.8. The highest BCUT2D eigenvalue weighted by Crippen LogP contribution is 2.20. The molecular formula is C23H24FN2O+. The van der Waals surface area contributed by atoms with Crippen LogP contribution < -0.4 is 10.6 Å². The number of amides is 1. The Kier molecular flexibility index (Phi) is 6.34. The highest BCUT2D eigenvalue weighted by atomic mass is 19.1. The predicted molar refractivity (Wildman–Crippen MR) is 106 cm³/mol. The number of rotatable bonds is 7. The summed E-state index contributed by atoms with van der Waals surface area (Å²) in [5, 5.41) is 4.82. The number of hydrogen-bond donors (Lipinski definition) is 2. The van der Waals surface area contributed by atoms with Crippen LogP contribution in [0.3, 0.4) is 0 Å². The Morgan fingerprint density at radius 1 is 0.963 bits per heavy atom. The van der Waals surface area contributed by atoms with Crippen LogP contribution in [0.15, 0.2) is 78.9 Å². The van der Waals surface area contributed by atoms with E-state index < -0.39 is 0 Å². The van der Waals surface area contributed by atoms with Gasteiger partial charge in [-0.3, -0.25) is 4.79 Å². The summed E-state index contributed by atoms with van der Waals surface area (Å²) in [6.07, 6.45) is 0.966. The molecule has 27 heavy (non-hydrogen) atoms. The fraction of sp³-hybridized carbons (Fsp3) is 0.174. The third-order valence-corrected chi connectivity index (χ3v) is 4.55. The topological polar surface area (TPSA) is 45.7 Å². The second-order valence-corrected chi connectivity index (χ2v) is 6.48. The van der Waals surface area contributed by atoms with Crippen molar-refractivity contribution in [2.45, 2.75) is 19.4 Å². The van der Waals surface area contributed by atoms with Crippen LogP contribution in [0, 0.1) is 5.82 Å². The zero-order valence-electron chi connectivity index (χ0n) is 15.4. The molecule has 4 heteroatoms. The summed E-state index contributed by atoms with van der Waals surface area (Å²) in [6, 6.07) is 24.1. The largest absolute Gasteiger partial charge is 0.328 e. The van der Waals surface area contributed by atoms with Crippen LogP contribution in [-0.4, -0.2) is 12.5 Å². The zero-order chi connectivity index (χ0) is 19.1. The number of anilines is 1. The molecule has 1 amide bonds. The van der Waals surface area contributed by atoms with Crippen molar-refractivity contribution in [1.29, 1.82) is 0 Å². The maximum Gasteiger partial charge on any atom is 0.279 e. The van der Waals surface area contributed by atoms with Crippen LogP contribution in [0.1, 0.15) is 29.7 Å². The van der Waals surface area contributed by atoms with Gasteiger partial charge in [-0.15, -0.1) is 0 Å². The van der Waals surface area contributed by atoms with Crippen molar-refractivity contribution in [3.63, 3.8) is 0 Å². The van der Waals surface area contributed by atoms with Gasteiger partial charge in [0, 0.05) is 16.8 Å². The summed E-state index contributed by atoms with van der Waals surface area (Å²) < 4.78 is 13.8. The number of para-hydroxylation sites is 1. The molecule has 0 bridgehead atoms. The van der Waals surface area contributed by atoms with Gasteiger partial charge < -0.3 is 10.6 Å². The van der Waals surface area contributed by atoms with Crippen molar-refractivity contribution in [1.82, 2.24) is 0 Å². The summed E-state index contributed by atoms with van der Waals surface area (Å²) in [7, 11) is 0. The quantitative estimate of drug-likeness (QED) is 0.661. The van der Waals surface area contributed by atoms with E-state index in [0.717, 1.165) is 23.2 Å². The molecule has 0 radical (unpaired) electrons. The van der Waals surface area contributed by atoms with Crippen LogP contribution in [0.5, 0.6) is 0 Å². The van der Waals surface area contributed by atoms with Gasteiger partial charge in [-0.2, -0.15) is 0 Å². The van der Waals surface area contributed by atoms with Crippen LogP contribution in [-0.2, 0) is 11.2 Å². The van der Waals surface area contributed by atoms with E-state index in [2.05, 4.69) is 36.5 Å². The predicted octanol–water partition coefficient (Wildman–Crippen LogP) is 3.68. The molecule has 138 valence electrons. The lowest BCUT2D eigenvalue weighted by Gasteiger charge is -2.17. The second-order valence-electron chi connectivity index (χ2n) is 6.48. The molecule has 0 fully saturated rings. The van der Waals surface area contributed by atoms with Crippen molar-refractivity contribution in [3.8, 4) is 0 Å². The van der Waals surface area contributed by atoms with Crippen molar-refractivity contribution < 1.29 is 14.5 Å². The Morgan fingerprint density at radius 2 is 1.70 bits per heavy atom. The van der Waals surface area contributed by atoms with Crippen molar-refractivity contribution in [2.24, 2.45) is 0 Å². The third kappa shape index (κ3) is 5.25. The van der Waals surface area contributed by atoms with Gasteiger partial charge in [0.25, 0.3) is 5.91 Å². The highest BCUT2D eigenvalue weighted by molar-refractivity contribution is 5.91. The minimum Gasteiger partial charge on any atom is -0.328 e. The van der Waals surface area contributed by atoms with Crippen molar-refractivity contribution >= 4 is 11.6 Å². The Hall–Kier alpha value is -2.98. The molecule has 0 spiro atoms. The minimum absolute atomic E-state index is 0.0900. The lowest BCUT2D eigenvalue weighted by molar-refractivity contribution is -0.676. The molecule has 3 nitrogen and oxygen atoms in total. The molecule has 3 N–H and O–H groups in total. The molecule has 0 saturated heterocycles. The minimum atomic E-state index is -0.273. The summed E-state index contributed by atoms with van der Waals surface area (Å²) in [4.78, 5) is 12.3. The van der Waals surface area contributed by atoms with Crippen LogP contribution >= 0.6 is 0 Å². The van der Waals surface area contributed by atoms with E-state index in [9.17, 15) is 9.18 Å². The van der Waals surface area contributed by atoms with Gasteiger partial charge in [-0.1, -0.05) is 61.5 Å². The summed E-state index contributed by atoms with van der Waals surface area (Å²) in [5.74, 6) is -0.363. The normalized spacial score (nSPS) is 11.8. The fourth-order valence-electron chi connectivity index (χ4n) is 3.08. The molecule has 3 aromatic carbocycles. The molecule has 0 heterocycles. The Balaban J connectivity index is 1.76. The van der Waals surface area contributed by atoms with E-state index >= 15 is 0 Å². The smallest absolute Gasteiger partial charge is 0.279 e. The SMILES string of the molecule is CCc1ccc([C@H]([NH2+]CC(=O)Nc2ccccc2)c2cccc(F)c2)cc1. The van der Waals surface area contributed by atoms with Crippen LogP contribution in [0.4, 0.5) is 10.1 Å². The number of benzene rings is 3. The molecule has 0 aliphatic rings. The monoisotopic (exact) mass is 363 g/mol. The first-order chi connectivity index (χ1) is 13.2. The number of hydrogen-bond acceptors (Lipinski definition) is 1. The molecule has 0 saturated carbocycles. The highest BCUT2D eigenvalue weighted by Gasteiger charge is 2.19. The van der Waals surface area contributed by atoms with E-state index in [4.69, 9.17) is 0 Å². The van der Waals surface area contributed by atoms with Gasteiger partial charge in [0.1, 0.15) is 11.9 Å².